The second-order valence-electron chi connectivity index (χ2n) is 4.83. The summed E-state index contributed by atoms with van der Waals surface area (Å²) < 4.78 is 1.67. The number of ketones is 1. The predicted octanol–water partition coefficient (Wildman–Crippen LogP) is 1.90. The molecule has 114 valence electrons. The van der Waals surface area contributed by atoms with Crippen molar-refractivity contribution in [1.29, 1.82) is 0 Å². The zero-order valence-electron chi connectivity index (χ0n) is 12.3. The molecule has 0 saturated heterocycles. The second kappa shape index (κ2) is 8.76. The first-order chi connectivity index (χ1) is 8.99. The van der Waals surface area contributed by atoms with E-state index in [0.29, 0.717) is 17.8 Å². The van der Waals surface area contributed by atoms with Gasteiger partial charge in [0.25, 0.3) is 5.91 Å². The molecule has 6 heteroatoms. The molecule has 0 fully saturated rings. The monoisotopic (exact) mass is 301 g/mol. The predicted molar refractivity (Wildman–Crippen MR) is 82.5 cm³/mol. The number of carbonyl (C=O) groups is 2. The van der Waals surface area contributed by atoms with E-state index in [1.165, 1.54) is 6.92 Å². The highest BCUT2D eigenvalue weighted by Crippen LogP contribution is 2.09. The van der Waals surface area contributed by atoms with Crippen LogP contribution in [0.15, 0.2) is 12.3 Å². The molecule has 0 spiro atoms. The number of hydrogen-bond donors (Lipinski definition) is 2. The summed E-state index contributed by atoms with van der Waals surface area (Å²) in [6, 6.07) is 1.61. The van der Waals surface area contributed by atoms with Gasteiger partial charge >= 0.3 is 0 Å². The molecule has 1 amide bonds. The molecule has 1 aromatic rings. The van der Waals surface area contributed by atoms with Gasteiger partial charge in [-0.25, -0.2) is 0 Å². The van der Waals surface area contributed by atoms with E-state index in [2.05, 4.69) is 12.2 Å². The van der Waals surface area contributed by atoms with Gasteiger partial charge in [0.05, 0.1) is 0 Å². The number of carbonyl (C=O) groups excluding carboxylic acids is 2. The van der Waals surface area contributed by atoms with Gasteiger partial charge in [0.1, 0.15) is 5.69 Å². The first kappa shape index (κ1) is 18.7. The van der Waals surface area contributed by atoms with Crippen LogP contribution in [0.2, 0.25) is 0 Å². The minimum atomic E-state index is -0.179. The quantitative estimate of drug-likeness (QED) is 0.755. The van der Waals surface area contributed by atoms with Crippen molar-refractivity contribution in [2.24, 2.45) is 12.8 Å². The fraction of sp³-hybridized carbons (Fsp3) is 0.571. The summed E-state index contributed by atoms with van der Waals surface area (Å²) in [7, 11) is 1.75. The van der Waals surface area contributed by atoms with Crippen LogP contribution in [0, 0.1) is 0 Å². The smallest absolute Gasteiger partial charge is 0.268 e. The van der Waals surface area contributed by atoms with E-state index in [9.17, 15) is 9.59 Å². The summed E-state index contributed by atoms with van der Waals surface area (Å²) in [5.41, 5.74) is 6.69. The molecule has 3 N–H and O–H groups in total. The van der Waals surface area contributed by atoms with Gasteiger partial charge in [-0.05, 0) is 19.4 Å². The van der Waals surface area contributed by atoms with Crippen molar-refractivity contribution in [3.63, 3.8) is 0 Å². The fourth-order valence-corrected chi connectivity index (χ4v) is 1.94. The number of aromatic nitrogens is 1. The lowest BCUT2D eigenvalue weighted by molar-refractivity contribution is 0.0927. The number of halogens is 1. The normalized spacial score (nSPS) is 11.6. The molecule has 0 aromatic carbocycles. The van der Waals surface area contributed by atoms with Crippen molar-refractivity contribution in [3.8, 4) is 0 Å². The van der Waals surface area contributed by atoms with E-state index >= 15 is 0 Å². The van der Waals surface area contributed by atoms with Crippen molar-refractivity contribution in [3.05, 3.63) is 23.5 Å². The molecule has 0 aliphatic heterocycles. The molecule has 5 nitrogen and oxygen atoms in total. The molecule has 1 atom stereocenters. The SMILES string of the molecule is CCCCC(CN)NC(=O)c1cc(C(C)=O)cn1C.Cl. The van der Waals surface area contributed by atoms with Crippen LogP contribution in [0.1, 0.15) is 54.0 Å². The third-order valence-electron chi connectivity index (χ3n) is 3.17. The van der Waals surface area contributed by atoms with E-state index in [0.717, 1.165) is 19.3 Å². The Labute approximate surface area is 126 Å². The van der Waals surface area contributed by atoms with Crippen LogP contribution in [0.4, 0.5) is 0 Å². The van der Waals surface area contributed by atoms with E-state index in [1.807, 2.05) is 0 Å². The van der Waals surface area contributed by atoms with Gasteiger partial charge in [0.2, 0.25) is 0 Å². The van der Waals surface area contributed by atoms with Crippen molar-refractivity contribution < 1.29 is 9.59 Å². The molecular weight excluding hydrogens is 278 g/mol. The van der Waals surface area contributed by atoms with Crippen molar-refractivity contribution in [2.75, 3.05) is 6.54 Å². The standard InChI is InChI=1S/C14H23N3O2.ClH/c1-4-5-6-12(8-15)16-14(19)13-7-11(10(2)18)9-17(13)3;/h7,9,12H,4-6,8,15H2,1-3H3,(H,16,19);1H. The zero-order valence-corrected chi connectivity index (χ0v) is 13.1. The molecular formula is C14H24ClN3O2. The topological polar surface area (TPSA) is 77.1 Å². The highest BCUT2D eigenvalue weighted by atomic mass is 35.5. The van der Waals surface area contributed by atoms with E-state index < -0.39 is 0 Å². The average molecular weight is 302 g/mol. The molecule has 1 rings (SSSR count). The Kier molecular flexibility index (Phi) is 8.18. The number of amides is 1. The minimum absolute atomic E-state index is 0. The summed E-state index contributed by atoms with van der Waals surface area (Å²) in [5.74, 6) is -0.224. The molecule has 0 radical (unpaired) electrons. The molecule has 0 aliphatic rings. The van der Waals surface area contributed by atoms with Crippen LogP contribution < -0.4 is 11.1 Å². The molecule has 20 heavy (non-hydrogen) atoms. The highest BCUT2D eigenvalue weighted by Gasteiger charge is 2.16. The third kappa shape index (κ3) is 4.98. The van der Waals surface area contributed by atoms with Crippen LogP contribution in [0.25, 0.3) is 0 Å². The van der Waals surface area contributed by atoms with Gasteiger partial charge < -0.3 is 15.6 Å². The van der Waals surface area contributed by atoms with Crippen molar-refractivity contribution in [1.82, 2.24) is 9.88 Å². The maximum atomic E-state index is 12.1. The summed E-state index contributed by atoms with van der Waals surface area (Å²) in [4.78, 5) is 23.4. The van der Waals surface area contributed by atoms with E-state index in [4.69, 9.17) is 5.73 Å². The first-order valence-electron chi connectivity index (χ1n) is 6.67. The van der Waals surface area contributed by atoms with E-state index in [-0.39, 0.29) is 30.1 Å². The highest BCUT2D eigenvalue weighted by molar-refractivity contribution is 5.99. The first-order valence-corrected chi connectivity index (χ1v) is 6.67. The molecule has 0 aliphatic carbocycles. The number of unbranched alkanes of at least 4 members (excludes halogenated alkanes) is 1. The Balaban J connectivity index is 0.00000361. The fourth-order valence-electron chi connectivity index (χ4n) is 1.94. The second-order valence-corrected chi connectivity index (χ2v) is 4.83. The minimum Gasteiger partial charge on any atom is -0.347 e. The molecule has 0 bridgehead atoms. The van der Waals surface area contributed by atoms with Crippen LogP contribution in [-0.2, 0) is 7.05 Å². The van der Waals surface area contributed by atoms with Gasteiger partial charge in [-0.2, -0.15) is 0 Å². The maximum absolute atomic E-state index is 12.1. The van der Waals surface area contributed by atoms with Gasteiger partial charge in [0, 0.05) is 31.4 Å². The molecule has 0 saturated carbocycles. The lowest BCUT2D eigenvalue weighted by Crippen LogP contribution is -2.40. The molecule has 1 unspecified atom stereocenters. The third-order valence-corrected chi connectivity index (χ3v) is 3.17. The van der Waals surface area contributed by atoms with Gasteiger partial charge in [-0.15, -0.1) is 12.4 Å². The van der Waals surface area contributed by atoms with Crippen LogP contribution in [-0.4, -0.2) is 28.8 Å². The number of nitrogens with one attached hydrogen (secondary N) is 1. The number of nitrogens with two attached hydrogens (primary N) is 1. The number of hydrogen-bond acceptors (Lipinski definition) is 3. The summed E-state index contributed by atoms with van der Waals surface area (Å²) in [6.07, 6.45) is 4.66. The van der Waals surface area contributed by atoms with E-state index in [1.54, 1.807) is 23.9 Å². The Hall–Kier alpha value is -1.33. The largest absolute Gasteiger partial charge is 0.347 e. The Morgan fingerprint density at radius 2 is 2.10 bits per heavy atom. The number of Topliss-reactive ketones (excluding diaryl/α,β-unsaturated/α-hetero) is 1. The summed E-state index contributed by atoms with van der Waals surface area (Å²) in [5, 5.41) is 2.91. The number of nitrogens with zero attached hydrogens (tertiary/aromatic N) is 1. The average Bonchev–Trinajstić information content (AvgIpc) is 2.76. The lowest BCUT2D eigenvalue weighted by Gasteiger charge is -2.16. The molecule has 1 heterocycles. The van der Waals surface area contributed by atoms with Gasteiger partial charge in [0.15, 0.2) is 5.78 Å². The Morgan fingerprint density at radius 3 is 2.55 bits per heavy atom. The maximum Gasteiger partial charge on any atom is 0.268 e. The Bertz CT molecular complexity index is 457. The number of rotatable bonds is 7. The van der Waals surface area contributed by atoms with Crippen molar-refractivity contribution >= 4 is 24.1 Å². The Morgan fingerprint density at radius 1 is 1.45 bits per heavy atom. The van der Waals surface area contributed by atoms with Crippen LogP contribution >= 0.6 is 12.4 Å². The van der Waals surface area contributed by atoms with Crippen LogP contribution in [0.5, 0.6) is 0 Å². The lowest BCUT2D eigenvalue weighted by atomic mass is 10.1. The van der Waals surface area contributed by atoms with Crippen LogP contribution in [0.3, 0.4) is 0 Å². The van der Waals surface area contributed by atoms with Gasteiger partial charge in [-0.1, -0.05) is 19.8 Å². The number of aryl methyl sites for hydroxylation is 1. The van der Waals surface area contributed by atoms with Crippen molar-refractivity contribution in [2.45, 2.75) is 39.2 Å². The van der Waals surface area contributed by atoms with Gasteiger partial charge in [-0.3, -0.25) is 9.59 Å². The molecule has 1 aromatic heterocycles. The summed E-state index contributed by atoms with van der Waals surface area (Å²) in [6.45, 7) is 4.02. The summed E-state index contributed by atoms with van der Waals surface area (Å²) >= 11 is 0. The zero-order chi connectivity index (χ0) is 14.4.